The van der Waals surface area contributed by atoms with E-state index in [1.54, 1.807) is 0 Å². The molecule has 0 radical (unpaired) electrons. The highest BCUT2D eigenvalue weighted by molar-refractivity contribution is 5.88. The Balaban J connectivity index is 2.30. The van der Waals surface area contributed by atoms with E-state index in [1.165, 1.54) is 7.11 Å². The van der Waals surface area contributed by atoms with Crippen molar-refractivity contribution in [3.8, 4) is 0 Å². The smallest absolute Gasteiger partial charge is 0.333 e. The molecule has 0 aromatic rings. The van der Waals surface area contributed by atoms with Crippen LogP contribution in [0.1, 0.15) is 33.1 Å². The topological polar surface area (TPSA) is 66.8 Å². The van der Waals surface area contributed by atoms with Crippen molar-refractivity contribution in [3.63, 3.8) is 0 Å². The first-order valence-electron chi connectivity index (χ1n) is 7.12. The molecule has 2 unspecified atom stereocenters. The average molecular weight is 280 g/mol. The second-order valence-corrected chi connectivity index (χ2v) is 6.34. The van der Waals surface area contributed by atoms with Gasteiger partial charge in [0.25, 0.3) is 0 Å². The summed E-state index contributed by atoms with van der Waals surface area (Å²) < 4.78 is 4.71. The highest BCUT2D eigenvalue weighted by Gasteiger charge is 2.52. The molecule has 20 heavy (non-hydrogen) atoms. The maximum Gasteiger partial charge on any atom is 0.333 e. The van der Waals surface area contributed by atoms with E-state index >= 15 is 0 Å². The van der Waals surface area contributed by atoms with Gasteiger partial charge in [-0.15, -0.1) is 0 Å². The van der Waals surface area contributed by atoms with Gasteiger partial charge in [0, 0.05) is 22.8 Å². The molecular weight excluding hydrogens is 256 g/mol. The van der Waals surface area contributed by atoms with E-state index < -0.39 is 18.2 Å². The van der Waals surface area contributed by atoms with Gasteiger partial charge in [0.2, 0.25) is 0 Å². The van der Waals surface area contributed by atoms with Crippen LogP contribution in [0, 0.1) is 17.3 Å². The number of rotatable bonds is 2. The lowest BCUT2D eigenvalue weighted by molar-refractivity contribution is -0.139. The molecule has 4 heteroatoms. The van der Waals surface area contributed by atoms with Crippen molar-refractivity contribution in [1.82, 2.24) is 0 Å². The summed E-state index contributed by atoms with van der Waals surface area (Å²) >= 11 is 0. The molecule has 0 heterocycles. The van der Waals surface area contributed by atoms with Crippen molar-refractivity contribution in [3.05, 3.63) is 23.8 Å². The van der Waals surface area contributed by atoms with Crippen LogP contribution in [0.4, 0.5) is 0 Å². The summed E-state index contributed by atoms with van der Waals surface area (Å²) in [7, 11) is 1.32. The molecule has 0 aromatic heterocycles. The van der Waals surface area contributed by atoms with Gasteiger partial charge in [-0.25, -0.2) is 4.79 Å². The molecule has 112 valence electrons. The molecule has 2 N–H and O–H groups in total. The lowest BCUT2D eigenvalue weighted by Gasteiger charge is -2.52. The van der Waals surface area contributed by atoms with Gasteiger partial charge in [0.1, 0.15) is 0 Å². The number of ether oxygens (including phenoxy) is 1. The zero-order chi connectivity index (χ0) is 15.1. The first-order chi connectivity index (χ1) is 9.32. The van der Waals surface area contributed by atoms with Crippen LogP contribution in [0.15, 0.2) is 23.8 Å². The summed E-state index contributed by atoms with van der Waals surface area (Å²) in [4.78, 5) is 11.6. The number of methoxy groups -OCH3 is 1. The van der Waals surface area contributed by atoms with Crippen molar-refractivity contribution in [2.75, 3.05) is 7.11 Å². The first-order valence-corrected chi connectivity index (χ1v) is 7.12. The monoisotopic (exact) mass is 280 g/mol. The van der Waals surface area contributed by atoms with Gasteiger partial charge >= 0.3 is 5.97 Å². The largest absolute Gasteiger partial charge is 0.466 e. The van der Waals surface area contributed by atoms with Gasteiger partial charge < -0.3 is 14.9 Å². The number of aliphatic hydroxyl groups is 2. The van der Waals surface area contributed by atoms with Crippen molar-refractivity contribution >= 4 is 5.97 Å². The van der Waals surface area contributed by atoms with Crippen molar-refractivity contribution in [1.29, 1.82) is 0 Å². The molecule has 0 saturated heterocycles. The standard InChI is InChI=1S/C16H24O4/c1-9-5-6-12(17)16(3)8-7-11(14(18)13(9)16)10(2)15(19)20-4/h5,11-14,17-18H,2,6-8H2,1,3-4H3/t11-,12?,13?,14-,16-/m0/s1. The van der Waals surface area contributed by atoms with Crippen molar-refractivity contribution in [2.45, 2.75) is 45.3 Å². The van der Waals surface area contributed by atoms with Crippen LogP contribution in [-0.2, 0) is 9.53 Å². The van der Waals surface area contributed by atoms with E-state index in [4.69, 9.17) is 4.74 Å². The molecule has 1 fully saturated rings. The van der Waals surface area contributed by atoms with E-state index in [0.717, 1.165) is 12.0 Å². The third kappa shape index (κ3) is 2.21. The van der Waals surface area contributed by atoms with Crippen LogP contribution in [0.2, 0.25) is 0 Å². The van der Waals surface area contributed by atoms with Crippen molar-refractivity contribution < 1.29 is 19.7 Å². The number of hydrogen-bond acceptors (Lipinski definition) is 4. The lowest BCUT2D eigenvalue weighted by atomic mass is 9.55. The van der Waals surface area contributed by atoms with Crippen molar-refractivity contribution in [2.24, 2.45) is 17.3 Å². The second-order valence-electron chi connectivity index (χ2n) is 6.34. The Morgan fingerprint density at radius 3 is 2.75 bits per heavy atom. The Bertz CT molecular complexity index is 453. The summed E-state index contributed by atoms with van der Waals surface area (Å²) in [5, 5.41) is 21.0. The van der Waals surface area contributed by atoms with E-state index in [1.807, 2.05) is 19.9 Å². The molecule has 1 saturated carbocycles. The van der Waals surface area contributed by atoms with E-state index in [9.17, 15) is 15.0 Å². The fraction of sp³-hybridized carbons (Fsp3) is 0.688. The summed E-state index contributed by atoms with van der Waals surface area (Å²) in [6.07, 6.45) is 2.89. The molecule has 0 amide bonds. The Morgan fingerprint density at radius 2 is 2.15 bits per heavy atom. The van der Waals surface area contributed by atoms with Crippen LogP contribution in [0.25, 0.3) is 0 Å². The van der Waals surface area contributed by atoms with Crippen LogP contribution in [0.3, 0.4) is 0 Å². The fourth-order valence-corrected chi connectivity index (χ4v) is 3.94. The molecule has 2 aliphatic rings. The van der Waals surface area contributed by atoms with Gasteiger partial charge in [-0.2, -0.15) is 0 Å². The first kappa shape index (κ1) is 15.3. The maximum absolute atomic E-state index is 11.6. The molecule has 0 bridgehead atoms. The zero-order valence-electron chi connectivity index (χ0n) is 12.4. The van der Waals surface area contributed by atoms with E-state index in [2.05, 4.69) is 6.58 Å². The summed E-state index contributed by atoms with van der Waals surface area (Å²) in [5.74, 6) is -0.892. The summed E-state index contributed by atoms with van der Waals surface area (Å²) in [5.41, 5.74) is 1.09. The quantitative estimate of drug-likeness (QED) is 0.460. The van der Waals surface area contributed by atoms with Crippen LogP contribution < -0.4 is 0 Å². The molecule has 5 atom stereocenters. The van der Waals surface area contributed by atoms with Gasteiger partial charge in [-0.05, 0) is 26.2 Å². The maximum atomic E-state index is 11.6. The molecule has 4 nitrogen and oxygen atoms in total. The Labute approximate surface area is 120 Å². The minimum absolute atomic E-state index is 0.133. The Kier molecular flexibility index (Phi) is 4.07. The fourth-order valence-electron chi connectivity index (χ4n) is 3.94. The van der Waals surface area contributed by atoms with Gasteiger partial charge in [0.15, 0.2) is 0 Å². The van der Waals surface area contributed by atoms with E-state index in [0.29, 0.717) is 18.4 Å². The highest BCUT2D eigenvalue weighted by atomic mass is 16.5. The summed E-state index contributed by atoms with van der Waals surface area (Å²) in [6, 6.07) is 0. The molecular formula is C16H24O4. The number of fused-ring (bicyclic) bond motifs is 1. The molecule has 0 spiro atoms. The minimum atomic E-state index is -0.702. The van der Waals surface area contributed by atoms with Gasteiger partial charge in [-0.1, -0.05) is 25.2 Å². The normalized spacial score (nSPS) is 40.5. The van der Waals surface area contributed by atoms with E-state index in [-0.39, 0.29) is 17.3 Å². The van der Waals surface area contributed by atoms with Gasteiger partial charge in [-0.3, -0.25) is 0 Å². The minimum Gasteiger partial charge on any atom is -0.466 e. The molecule has 2 rings (SSSR count). The third-order valence-corrected chi connectivity index (χ3v) is 5.27. The van der Waals surface area contributed by atoms with Crippen LogP contribution in [-0.4, -0.2) is 35.5 Å². The number of esters is 1. The predicted molar refractivity (Wildman–Crippen MR) is 75.9 cm³/mol. The summed E-state index contributed by atoms with van der Waals surface area (Å²) in [6.45, 7) is 7.80. The average Bonchev–Trinajstić information content (AvgIpc) is 2.42. The van der Waals surface area contributed by atoms with Crippen LogP contribution >= 0.6 is 0 Å². The second kappa shape index (κ2) is 5.34. The number of hydrogen-bond donors (Lipinski definition) is 2. The van der Waals surface area contributed by atoms with Crippen LogP contribution in [0.5, 0.6) is 0 Å². The van der Waals surface area contributed by atoms with Gasteiger partial charge in [0.05, 0.1) is 19.3 Å². The predicted octanol–water partition coefficient (Wildman–Crippen LogP) is 1.82. The highest BCUT2D eigenvalue weighted by Crippen LogP contribution is 2.53. The third-order valence-electron chi connectivity index (χ3n) is 5.27. The Hall–Kier alpha value is -1.13. The zero-order valence-corrected chi connectivity index (χ0v) is 12.4. The number of aliphatic hydroxyl groups excluding tert-OH is 2. The lowest BCUT2D eigenvalue weighted by Crippen LogP contribution is -2.53. The Morgan fingerprint density at radius 1 is 1.50 bits per heavy atom. The SMILES string of the molecule is C=C(C(=O)OC)[C@@H]1CC[C@@]2(C)C(O)CC=C(C)C2[C@H]1O. The molecule has 2 aliphatic carbocycles. The molecule has 0 aromatic carbocycles. The molecule has 0 aliphatic heterocycles. The number of carbonyl (C=O) groups is 1. The number of carbonyl (C=O) groups excluding carboxylic acids is 1.